The Kier molecular flexibility index (Phi) is 5.16. The highest BCUT2D eigenvalue weighted by atomic mass is 32.1. The Morgan fingerprint density at radius 3 is 2.00 bits per heavy atom. The average molecular weight is 593 g/mol. The van der Waals surface area contributed by atoms with E-state index < -0.39 is 0 Å². The standard InChI is InChI=1S/C41H24N2OS/c1-2-8-29-24-35-33(23-28(29)7-1)31-9-3-5-11-34(31)43(35)30-19-17-26(18-20-30)25-13-15-27(16-14-25)41-42-40-36(44-41)21-22-38-39(40)32-10-4-6-12-37(32)45-38/h1-24H. The van der Waals surface area contributed by atoms with Gasteiger partial charge in [-0.05, 0) is 82.6 Å². The SMILES string of the molecule is c1ccc2cc3c(cc2c1)c1ccccc1n3-c1ccc(-c2ccc(-c3nc4c(ccc5sc6ccccc6c54)o3)cc2)cc1. The molecule has 0 saturated carbocycles. The molecule has 0 unspecified atom stereocenters. The number of hydrogen-bond acceptors (Lipinski definition) is 3. The largest absolute Gasteiger partial charge is 0.436 e. The molecule has 45 heavy (non-hydrogen) atoms. The molecule has 0 amide bonds. The van der Waals surface area contributed by atoms with Crippen LogP contribution in [-0.4, -0.2) is 9.55 Å². The van der Waals surface area contributed by atoms with E-state index in [4.69, 9.17) is 9.40 Å². The Balaban J connectivity index is 1.02. The minimum Gasteiger partial charge on any atom is -0.436 e. The van der Waals surface area contributed by atoms with E-state index in [0.29, 0.717) is 5.89 Å². The van der Waals surface area contributed by atoms with Crippen LogP contribution in [0.4, 0.5) is 0 Å². The highest BCUT2D eigenvalue weighted by Crippen LogP contribution is 2.40. The quantitative estimate of drug-likeness (QED) is 0.204. The molecule has 7 aromatic carbocycles. The van der Waals surface area contributed by atoms with Crippen LogP contribution in [-0.2, 0) is 0 Å². The van der Waals surface area contributed by atoms with Crippen LogP contribution in [0, 0.1) is 0 Å². The molecular weight excluding hydrogens is 569 g/mol. The number of hydrogen-bond donors (Lipinski definition) is 0. The summed E-state index contributed by atoms with van der Waals surface area (Å²) in [5.41, 5.74) is 8.62. The highest BCUT2D eigenvalue weighted by Gasteiger charge is 2.16. The van der Waals surface area contributed by atoms with Gasteiger partial charge in [0, 0.05) is 42.2 Å². The van der Waals surface area contributed by atoms with Crippen molar-refractivity contribution in [1.82, 2.24) is 9.55 Å². The van der Waals surface area contributed by atoms with Crippen molar-refractivity contribution < 1.29 is 4.42 Å². The number of fused-ring (bicyclic) bond motifs is 9. The third kappa shape index (κ3) is 3.73. The number of thiophene rings is 1. The summed E-state index contributed by atoms with van der Waals surface area (Å²) in [5, 5.41) is 7.46. The van der Waals surface area contributed by atoms with Gasteiger partial charge in [-0.15, -0.1) is 11.3 Å². The molecule has 0 fully saturated rings. The minimum atomic E-state index is 0.647. The number of oxazole rings is 1. The van der Waals surface area contributed by atoms with Gasteiger partial charge in [-0.1, -0.05) is 84.9 Å². The van der Waals surface area contributed by atoms with Gasteiger partial charge < -0.3 is 8.98 Å². The summed E-state index contributed by atoms with van der Waals surface area (Å²) in [4.78, 5) is 4.98. The molecule has 210 valence electrons. The Bertz CT molecular complexity index is 2750. The van der Waals surface area contributed by atoms with Crippen molar-refractivity contribution in [3.63, 3.8) is 0 Å². The summed E-state index contributed by atoms with van der Waals surface area (Å²) in [6.45, 7) is 0. The molecule has 0 spiro atoms. The van der Waals surface area contributed by atoms with E-state index in [1.54, 1.807) is 11.3 Å². The summed E-state index contributed by atoms with van der Waals surface area (Å²) in [7, 11) is 0. The molecule has 0 aliphatic carbocycles. The Morgan fingerprint density at radius 2 is 1.18 bits per heavy atom. The van der Waals surface area contributed by atoms with Gasteiger partial charge in [0.05, 0.1) is 11.0 Å². The summed E-state index contributed by atoms with van der Waals surface area (Å²) < 4.78 is 11.2. The van der Waals surface area contributed by atoms with E-state index in [1.165, 1.54) is 58.3 Å². The van der Waals surface area contributed by atoms with Crippen molar-refractivity contribution in [3.8, 4) is 28.3 Å². The second-order valence-corrected chi connectivity index (χ2v) is 12.7. The zero-order valence-electron chi connectivity index (χ0n) is 24.1. The summed E-state index contributed by atoms with van der Waals surface area (Å²) in [6, 6.07) is 52.0. The van der Waals surface area contributed by atoms with Crippen LogP contribution >= 0.6 is 11.3 Å². The van der Waals surface area contributed by atoms with Crippen LogP contribution in [0.3, 0.4) is 0 Å². The van der Waals surface area contributed by atoms with Gasteiger partial charge in [-0.2, -0.15) is 0 Å². The molecule has 0 saturated heterocycles. The topological polar surface area (TPSA) is 31.0 Å². The first kappa shape index (κ1) is 24.7. The molecule has 10 rings (SSSR count). The van der Waals surface area contributed by atoms with Crippen LogP contribution in [0.1, 0.15) is 0 Å². The van der Waals surface area contributed by atoms with Crippen molar-refractivity contribution in [2.24, 2.45) is 0 Å². The van der Waals surface area contributed by atoms with Gasteiger partial charge in [0.25, 0.3) is 0 Å². The monoisotopic (exact) mass is 592 g/mol. The average Bonchev–Trinajstić information content (AvgIpc) is 3.79. The number of para-hydroxylation sites is 1. The zero-order chi connectivity index (χ0) is 29.5. The number of nitrogens with zero attached hydrogens (tertiary/aromatic N) is 2. The number of aromatic nitrogens is 2. The molecule has 3 heterocycles. The van der Waals surface area contributed by atoms with Gasteiger partial charge in [0.15, 0.2) is 5.58 Å². The predicted octanol–water partition coefficient (Wildman–Crippen LogP) is 11.8. The highest BCUT2D eigenvalue weighted by molar-refractivity contribution is 7.26. The number of rotatable bonds is 3. The van der Waals surface area contributed by atoms with Crippen LogP contribution in [0.25, 0.3) is 92.1 Å². The smallest absolute Gasteiger partial charge is 0.227 e. The van der Waals surface area contributed by atoms with Crippen molar-refractivity contribution in [2.45, 2.75) is 0 Å². The fourth-order valence-electron chi connectivity index (χ4n) is 6.87. The lowest BCUT2D eigenvalue weighted by Gasteiger charge is -2.10. The van der Waals surface area contributed by atoms with Crippen LogP contribution < -0.4 is 0 Å². The number of benzene rings is 7. The van der Waals surface area contributed by atoms with Crippen LogP contribution in [0.5, 0.6) is 0 Å². The first-order valence-electron chi connectivity index (χ1n) is 15.1. The Labute approximate surface area is 262 Å². The van der Waals surface area contributed by atoms with Gasteiger partial charge in [0.2, 0.25) is 5.89 Å². The first-order chi connectivity index (χ1) is 22.3. The third-order valence-corrected chi connectivity index (χ3v) is 10.2. The maximum atomic E-state index is 6.27. The predicted molar refractivity (Wildman–Crippen MR) is 190 cm³/mol. The third-order valence-electron chi connectivity index (χ3n) is 9.03. The van der Waals surface area contributed by atoms with Crippen molar-refractivity contribution in [1.29, 1.82) is 0 Å². The second-order valence-electron chi connectivity index (χ2n) is 11.6. The molecule has 0 radical (unpaired) electrons. The van der Waals surface area contributed by atoms with Gasteiger partial charge in [-0.3, -0.25) is 0 Å². The molecular formula is C41H24N2OS. The molecule has 3 aromatic heterocycles. The fourth-order valence-corrected chi connectivity index (χ4v) is 7.97. The summed E-state index contributed by atoms with van der Waals surface area (Å²) in [5.74, 6) is 0.647. The lowest BCUT2D eigenvalue weighted by Crippen LogP contribution is -1.93. The molecule has 3 nitrogen and oxygen atoms in total. The van der Waals surface area contributed by atoms with E-state index in [9.17, 15) is 0 Å². The Hall–Kier alpha value is -5.71. The maximum Gasteiger partial charge on any atom is 0.227 e. The van der Waals surface area contributed by atoms with Gasteiger partial charge in [-0.25, -0.2) is 4.98 Å². The lowest BCUT2D eigenvalue weighted by atomic mass is 10.0. The Morgan fingerprint density at radius 1 is 0.511 bits per heavy atom. The molecule has 0 aliphatic heterocycles. The van der Waals surface area contributed by atoms with Crippen molar-refractivity contribution in [2.75, 3.05) is 0 Å². The van der Waals surface area contributed by atoms with E-state index in [1.807, 2.05) is 6.07 Å². The van der Waals surface area contributed by atoms with Crippen molar-refractivity contribution in [3.05, 3.63) is 146 Å². The first-order valence-corrected chi connectivity index (χ1v) is 15.9. The summed E-state index contributed by atoms with van der Waals surface area (Å²) >= 11 is 1.80. The molecule has 0 N–H and O–H groups in total. The van der Waals surface area contributed by atoms with E-state index in [2.05, 4.69) is 144 Å². The van der Waals surface area contributed by atoms with Crippen LogP contribution in [0.2, 0.25) is 0 Å². The zero-order valence-corrected chi connectivity index (χ0v) is 24.9. The second kappa shape index (κ2) is 9.39. The van der Waals surface area contributed by atoms with Crippen molar-refractivity contribution >= 4 is 75.2 Å². The summed E-state index contributed by atoms with van der Waals surface area (Å²) in [6.07, 6.45) is 0. The molecule has 0 atom stereocenters. The molecule has 10 aromatic rings. The molecule has 0 aliphatic rings. The van der Waals surface area contributed by atoms with E-state index >= 15 is 0 Å². The maximum absolute atomic E-state index is 6.27. The van der Waals surface area contributed by atoms with E-state index in [-0.39, 0.29) is 0 Å². The van der Waals surface area contributed by atoms with E-state index in [0.717, 1.165) is 27.9 Å². The molecule has 0 bridgehead atoms. The molecule has 4 heteroatoms. The normalized spacial score (nSPS) is 12.0. The van der Waals surface area contributed by atoms with Crippen LogP contribution in [0.15, 0.2) is 150 Å². The van der Waals surface area contributed by atoms with Gasteiger partial charge >= 0.3 is 0 Å². The lowest BCUT2D eigenvalue weighted by molar-refractivity contribution is 0.620. The van der Waals surface area contributed by atoms with Gasteiger partial charge in [0.1, 0.15) is 5.52 Å². The minimum absolute atomic E-state index is 0.647. The fraction of sp³-hybridized carbons (Fsp3) is 0.